The van der Waals surface area contributed by atoms with Gasteiger partial charge in [-0.05, 0) is 48.7 Å². The van der Waals surface area contributed by atoms with Crippen molar-refractivity contribution in [2.24, 2.45) is 5.92 Å². The number of amides is 1. The Hall–Kier alpha value is -3.70. The first-order chi connectivity index (χ1) is 16.7. The molecule has 0 bridgehead atoms. The molecule has 1 atom stereocenters. The highest BCUT2D eigenvalue weighted by molar-refractivity contribution is 5.95. The Morgan fingerprint density at radius 2 is 2.03 bits per heavy atom. The fourth-order valence-corrected chi connectivity index (χ4v) is 4.71. The van der Waals surface area contributed by atoms with Crippen molar-refractivity contribution in [3.63, 3.8) is 0 Å². The fourth-order valence-electron chi connectivity index (χ4n) is 4.71. The van der Waals surface area contributed by atoms with Gasteiger partial charge >= 0.3 is 0 Å². The van der Waals surface area contributed by atoms with Crippen molar-refractivity contribution < 1.29 is 19.0 Å². The number of fused-ring (bicyclic) bond motifs is 1. The maximum Gasteiger partial charge on any atom is 0.231 e. The zero-order valence-electron chi connectivity index (χ0n) is 19.1. The molecule has 8 nitrogen and oxygen atoms in total. The average Bonchev–Trinajstić information content (AvgIpc) is 3.36. The lowest BCUT2D eigenvalue weighted by Crippen LogP contribution is -2.38. The third-order valence-electron chi connectivity index (χ3n) is 6.52. The number of nitriles is 1. The second kappa shape index (κ2) is 9.65. The van der Waals surface area contributed by atoms with Crippen molar-refractivity contribution in [2.75, 3.05) is 33.4 Å². The van der Waals surface area contributed by atoms with Crippen LogP contribution in [0.25, 0.3) is 22.0 Å². The molecule has 2 saturated heterocycles. The van der Waals surface area contributed by atoms with Crippen molar-refractivity contribution >= 4 is 16.8 Å². The minimum Gasteiger partial charge on any atom is -0.488 e. The second-order valence-electron chi connectivity index (χ2n) is 8.63. The second-order valence-corrected chi connectivity index (χ2v) is 8.63. The highest BCUT2D eigenvalue weighted by Gasteiger charge is 2.32. The van der Waals surface area contributed by atoms with Crippen LogP contribution >= 0.6 is 0 Å². The molecule has 2 fully saturated rings. The molecule has 3 aromatic rings. The molecule has 8 heteroatoms. The van der Waals surface area contributed by atoms with Gasteiger partial charge < -0.3 is 19.1 Å². The number of rotatable bonds is 5. The van der Waals surface area contributed by atoms with Gasteiger partial charge in [0.2, 0.25) is 11.8 Å². The van der Waals surface area contributed by atoms with Gasteiger partial charge in [-0.15, -0.1) is 0 Å². The molecule has 1 amide bonds. The molecule has 2 aromatic heterocycles. The summed E-state index contributed by atoms with van der Waals surface area (Å²) in [5.41, 5.74) is 2.90. The van der Waals surface area contributed by atoms with Crippen molar-refractivity contribution in [1.82, 2.24) is 14.9 Å². The number of hydrogen-bond acceptors (Lipinski definition) is 7. The van der Waals surface area contributed by atoms with Crippen molar-refractivity contribution in [3.05, 3.63) is 48.3 Å². The average molecular weight is 459 g/mol. The lowest BCUT2D eigenvalue weighted by molar-refractivity contribution is -0.137. The third kappa shape index (κ3) is 4.39. The van der Waals surface area contributed by atoms with E-state index in [1.165, 1.54) is 7.11 Å². The summed E-state index contributed by atoms with van der Waals surface area (Å²) in [6, 6.07) is 11.6. The lowest BCUT2D eigenvalue weighted by atomic mass is 9.99. The number of methoxy groups -OCH3 is 1. The maximum absolute atomic E-state index is 12.8. The van der Waals surface area contributed by atoms with Crippen LogP contribution in [0.4, 0.5) is 0 Å². The van der Waals surface area contributed by atoms with Gasteiger partial charge in [-0.25, -0.2) is 4.98 Å². The number of benzene rings is 1. The van der Waals surface area contributed by atoms with E-state index in [9.17, 15) is 10.1 Å². The van der Waals surface area contributed by atoms with Gasteiger partial charge in [0.25, 0.3) is 0 Å². The minimum absolute atomic E-state index is 0.0470. The molecule has 0 N–H and O–H groups in total. The van der Waals surface area contributed by atoms with Gasteiger partial charge in [-0.1, -0.05) is 0 Å². The molecule has 0 aliphatic carbocycles. The van der Waals surface area contributed by atoms with Crippen LogP contribution in [0.2, 0.25) is 0 Å². The van der Waals surface area contributed by atoms with Gasteiger partial charge in [-0.2, -0.15) is 5.26 Å². The zero-order chi connectivity index (χ0) is 23.5. The molecular weight excluding hydrogens is 432 g/mol. The summed E-state index contributed by atoms with van der Waals surface area (Å²) >= 11 is 0. The van der Waals surface area contributed by atoms with Crippen LogP contribution < -0.4 is 9.47 Å². The van der Waals surface area contributed by atoms with Gasteiger partial charge in [0.1, 0.15) is 23.5 Å². The van der Waals surface area contributed by atoms with E-state index >= 15 is 0 Å². The number of nitrogens with zero attached hydrogens (tertiary/aromatic N) is 4. The molecule has 2 aliphatic rings. The molecule has 4 heterocycles. The Balaban J connectivity index is 1.36. The smallest absolute Gasteiger partial charge is 0.231 e. The van der Waals surface area contributed by atoms with Crippen LogP contribution in [0, 0.1) is 17.2 Å². The molecule has 5 rings (SSSR count). The topological polar surface area (TPSA) is 97.6 Å². The van der Waals surface area contributed by atoms with Gasteiger partial charge in [0.05, 0.1) is 19.2 Å². The van der Waals surface area contributed by atoms with Crippen LogP contribution in [0.1, 0.15) is 24.8 Å². The Bertz CT molecular complexity index is 1250. The summed E-state index contributed by atoms with van der Waals surface area (Å²) in [5.74, 6) is 1.32. The quantitative estimate of drug-likeness (QED) is 0.576. The van der Waals surface area contributed by atoms with E-state index in [1.807, 2.05) is 29.2 Å². The molecule has 0 saturated carbocycles. The number of pyridine rings is 2. The molecule has 2 aliphatic heterocycles. The molecular formula is C26H26N4O4. The number of carbonyl (C=O) groups is 1. The summed E-state index contributed by atoms with van der Waals surface area (Å²) < 4.78 is 16.8. The summed E-state index contributed by atoms with van der Waals surface area (Å²) in [7, 11) is 1.50. The molecule has 0 spiro atoms. The fraction of sp³-hybridized carbons (Fsp3) is 0.385. The first-order valence-electron chi connectivity index (χ1n) is 11.5. The van der Waals surface area contributed by atoms with Crippen molar-refractivity contribution in [2.45, 2.75) is 25.4 Å². The van der Waals surface area contributed by atoms with E-state index in [0.717, 1.165) is 53.6 Å². The third-order valence-corrected chi connectivity index (χ3v) is 6.52. The molecule has 174 valence electrons. The first-order valence-corrected chi connectivity index (χ1v) is 11.5. The largest absolute Gasteiger partial charge is 0.488 e. The van der Waals surface area contributed by atoms with E-state index in [0.29, 0.717) is 31.2 Å². The molecule has 1 aromatic carbocycles. The number of aromatic nitrogens is 2. The number of carbonyl (C=O) groups excluding carboxylic acids is 1. The number of likely N-dealkylation sites (tertiary alicyclic amines) is 1. The summed E-state index contributed by atoms with van der Waals surface area (Å²) in [6.45, 7) is 2.65. The van der Waals surface area contributed by atoms with Gasteiger partial charge in [-0.3, -0.25) is 9.78 Å². The van der Waals surface area contributed by atoms with Crippen molar-refractivity contribution in [1.29, 1.82) is 5.26 Å². The number of hydrogen-bond donors (Lipinski definition) is 0. The predicted molar refractivity (Wildman–Crippen MR) is 125 cm³/mol. The van der Waals surface area contributed by atoms with Crippen LogP contribution in [0.5, 0.6) is 11.6 Å². The molecule has 34 heavy (non-hydrogen) atoms. The van der Waals surface area contributed by atoms with E-state index in [4.69, 9.17) is 14.2 Å². The summed E-state index contributed by atoms with van der Waals surface area (Å²) in [4.78, 5) is 23.5. The maximum atomic E-state index is 12.8. The van der Waals surface area contributed by atoms with Crippen LogP contribution in [0.15, 0.2) is 42.7 Å². The molecule has 0 unspecified atom stereocenters. The number of ether oxygens (including phenoxy) is 3. The Morgan fingerprint density at radius 3 is 2.82 bits per heavy atom. The molecule has 0 radical (unpaired) electrons. The Morgan fingerprint density at radius 1 is 1.18 bits per heavy atom. The van der Waals surface area contributed by atoms with Crippen LogP contribution in [-0.2, 0) is 9.53 Å². The summed E-state index contributed by atoms with van der Waals surface area (Å²) in [6.07, 6.45) is 5.80. The van der Waals surface area contributed by atoms with Gasteiger partial charge in [0, 0.05) is 55.4 Å². The van der Waals surface area contributed by atoms with E-state index in [2.05, 4.69) is 16.0 Å². The zero-order valence-corrected chi connectivity index (χ0v) is 19.1. The van der Waals surface area contributed by atoms with E-state index < -0.39 is 0 Å². The minimum atomic E-state index is -0.0470. The Kier molecular flexibility index (Phi) is 6.28. The first kappa shape index (κ1) is 22.1. The standard InChI is InChI=1S/C26H26N4O4/c1-32-25-18(14-27)12-19(15-29-25)22-4-8-28-24-3-2-20(13-23(22)24)34-21-5-9-30(16-21)26(31)17-6-10-33-11-7-17/h2-4,8,12-13,15,17,21H,5-7,9-11,16H2,1H3/t21-/m0/s1. The van der Waals surface area contributed by atoms with Crippen LogP contribution in [0.3, 0.4) is 0 Å². The highest BCUT2D eigenvalue weighted by atomic mass is 16.5. The Labute approximate surface area is 198 Å². The van der Waals surface area contributed by atoms with Crippen LogP contribution in [-0.4, -0.2) is 60.3 Å². The SMILES string of the molecule is COc1ncc(-c2ccnc3ccc(O[C@H]4CCN(C(=O)C5CCOCC5)C4)cc23)cc1C#N. The monoisotopic (exact) mass is 458 g/mol. The van der Waals surface area contributed by atoms with Gasteiger partial charge in [0.15, 0.2) is 0 Å². The van der Waals surface area contributed by atoms with E-state index in [-0.39, 0.29) is 17.9 Å². The normalized spacial score (nSPS) is 18.6. The van der Waals surface area contributed by atoms with Crippen molar-refractivity contribution in [3.8, 4) is 28.8 Å². The lowest BCUT2D eigenvalue weighted by Gasteiger charge is -2.26. The highest BCUT2D eigenvalue weighted by Crippen LogP contribution is 2.32. The summed E-state index contributed by atoms with van der Waals surface area (Å²) in [5, 5.41) is 10.4. The predicted octanol–water partition coefficient (Wildman–Crippen LogP) is 3.58. The van der Waals surface area contributed by atoms with E-state index in [1.54, 1.807) is 18.5 Å².